The zero-order valence-corrected chi connectivity index (χ0v) is 13.2. The van der Waals surface area contributed by atoms with Crippen LogP contribution in [0, 0.1) is 0 Å². The van der Waals surface area contributed by atoms with Gasteiger partial charge in [-0.25, -0.2) is 0 Å². The Morgan fingerprint density at radius 3 is 2.94 bits per heavy atom. The van der Waals surface area contributed by atoms with Crippen molar-refractivity contribution in [3.63, 3.8) is 0 Å². The summed E-state index contributed by atoms with van der Waals surface area (Å²) >= 11 is 5.43. The fourth-order valence-corrected chi connectivity index (χ4v) is 4.74. The molecule has 2 aliphatic heterocycles. The molecule has 2 aliphatic rings. The Kier molecular flexibility index (Phi) is 4.39. The highest BCUT2D eigenvalue weighted by Crippen LogP contribution is 2.24. The van der Waals surface area contributed by atoms with Crippen molar-refractivity contribution in [2.75, 3.05) is 26.2 Å². The summed E-state index contributed by atoms with van der Waals surface area (Å²) in [4.78, 5) is 6.88. The SMILES string of the molecule is Brc1csc(CN2CCCN3CCCCC3C2)c1. The van der Waals surface area contributed by atoms with Gasteiger partial charge in [-0.2, -0.15) is 0 Å². The van der Waals surface area contributed by atoms with Gasteiger partial charge in [0.15, 0.2) is 0 Å². The van der Waals surface area contributed by atoms with Gasteiger partial charge in [-0.15, -0.1) is 11.3 Å². The van der Waals surface area contributed by atoms with Crippen LogP contribution in [-0.4, -0.2) is 42.0 Å². The summed E-state index contributed by atoms with van der Waals surface area (Å²) in [5.74, 6) is 0. The summed E-state index contributed by atoms with van der Waals surface area (Å²) in [5, 5.41) is 2.19. The molecule has 2 saturated heterocycles. The monoisotopic (exact) mass is 328 g/mol. The Morgan fingerprint density at radius 2 is 2.11 bits per heavy atom. The number of nitrogens with zero attached hydrogens (tertiary/aromatic N) is 2. The van der Waals surface area contributed by atoms with E-state index in [1.807, 2.05) is 11.3 Å². The molecular weight excluding hydrogens is 308 g/mol. The minimum atomic E-state index is 0.824. The second-order valence-electron chi connectivity index (χ2n) is 5.51. The molecule has 3 heterocycles. The molecule has 0 bridgehead atoms. The lowest BCUT2D eigenvalue weighted by molar-refractivity contribution is 0.135. The van der Waals surface area contributed by atoms with E-state index >= 15 is 0 Å². The molecule has 1 aromatic heterocycles. The summed E-state index contributed by atoms with van der Waals surface area (Å²) in [6, 6.07) is 3.10. The predicted molar refractivity (Wildman–Crippen MR) is 81.1 cm³/mol. The fourth-order valence-electron chi connectivity index (χ4n) is 3.25. The van der Waals surface area contributed by atoms with E-state index in [-0.39, 0.29) is 0 Å². The molecular formula is C14H21BrN2S. The third-order valence-corrected chi connectivity index (χ3v) is 5.82. The summed E-state index contributed by atoms with van der Waals surface area (Å²) in [5.41, 5.74) is 0. The minimum Gasteiger partial charge on any atom is -0.299 e. The van der Waals surface area contributed by atoms with Crippen molar-refractivity contribution < 1.29 is 0 Å². The van der Waals surface area contributed by atoms with Gasteiger partial charge in [0.05, 0.1) is 0 Å². The van der Waals surface area contributed by atoms with Crippen molar-refractivity contribution in [1.29, 1.82) is 0 Å². The van der Waals surface area contributed by atoms with E-state index in [0.29, 0.717) is 0 Å². The van der Waals surface area contributed by atoms with Crippen molar-refractivity contribution in [2.45, 2.75) is 38.3 Å². The zero-order valence-electron chi connectivity index (χ0n) is 10.8. The highest BCUT2D eigenvalue weighted by Gasteiger charge is 2.26. The number of halogens is 1. The fraction of sp³-hybridized carbons (Fsp3) is 0.714. The molecule has 0 aliphatic carbocycles. The van der Waals surface area contributed by atoms with Crippen LogP contribution in [0.1, 0.15) is 30.6 Å². The summed E-state index contributed by atoms with van der Waals surface area (Å²) in [6.07, 6.45) is 5.58. The Labute approximate surface area is 122 Å². The van der Waals surface area contributed by atoms with E-state index < -0.39 is 0 Å². The van der Waals surface area contributed by atoms with Gasteiger partial charge in [-0.3, -0.25) is 9.80 Å². The molecule has 0 N–H and O–H groups in total. The van der Waals surface area contributed by atoms with Crippen LogP contribution in [0.5, 0.6) is 0 Å². The minimum absolute atomic E-state index is 0.824. The number of thiophene rings is 1. The second-order valence-corrected chi connectivity index (χ2v) is 7.42. The molecule has 3 rings (SSSR count). The van der Waals surface area contributed by atoms with Crippen LogP contribution in [0.4, 0.5) is 0 Å². The topological polar surface area (TPSA) is 6.48 Å². The van der Waals surface area contributed by atoms with Crippen molar-refractivity contribution in [2.24, 2.45) is 0 Å². The zero-order chi connectivity index (χ0) is 12.4. The predicted octanol–water partition coefficient (Wildman–Crippen LogP) is 3.57. The first-order chi connectivity index (χ1) is 8.81. The van der Waals surface area contributed by atoms with Crippen molar-refractivity contribution >= 4 is 27.3 Å². The number of hydrogen-bond acceptors (Lipinski definition) is 3. The van der Waals surface area contributed by atoms with Crippen LogP contribution in [-0.2, 0) is 6.54 Å². The van der Waals surface area contributed by atoms with Crippen molar-refractivity contribution in [1.82, 2.24) is 9.80 Å². The molecule has 1 aromatic rings. The lowest BCUT2D eigenvalue weighted by atomic mass is 10.0. The smallest absolute Gasteiger partial charge is 0.0328 e. The van der Waals surface area contributed by atoms with Crippen LogP contribution >= 0.6 is 27.3 Å². The number of rotatable bonds is 2. The Bertz CT molecular complexity index is 393. The van der Waals surface area contributed by atoms with Gasteiger partial charge in [-0.05, 0) is 60.9 Å². The van der Waals surface area contributed by atoms with E-state index in [1.165, 1.54) is 61.2 Å². The Balaban J connectivity index is 1.62. The van der Waals surface area contributed by atoms with Crippen molar-refractivity contribution in [3.05, 3.63) is 20.8 Å². The van der Waals surface area contributed by atoms with Crippen LogP contribution in [0.3, 0.4) is 0 Å². The van der Waals surface area contributed by atoms with Gasteiger partial charge in [-0.1, -0.05) is 6.42 Å². The first-order valence-corrected chi connectivity index (χ1v) is 8.68. The van der Waals surface area contributed by atoms with E-state index in [1.54, 1.807) is 0 Å². The molecule has 2 nitrogen and oxygen atoms in total. The largest absolute Gasteiger partial charge is 0.299 e. The molecule has 0 spiro atoms. The molecule has 4 heteroatoms. The molecule has 0 amide bonds. The first kappa shape index (κ1) is 13.1. The quantitative estimate of drug-likeness (QED) is 0.818. The van der Waals surface area contributed by atoms with Crippen LogP contribution in [0.2, 0.25) is 0 Å². The first-order valence-electron chi connectivity index (χ1n) is 7.00. The molecule has 2 fully saturated rings. The maximum atomic E-state index is 3.55. The van der Waals surface area contributed by atoms with Gasteiger partial charge in [0.25, 0.3) is 0 Å². The molecule has 18 heavy (non-hydrogen) atoms. The van der Waals surface area contributed by atoms with Gasteiger partial charge in [0.1, 0.15) is 0 Å². The molecule has 1 atom stereocenters. The maximum absolute atomic E-state index is 3.55. The average Bonchev–Trinajstić information content (AvgIpc) is 2.66. The van der Waals surface area contributed by atoms with E-state index in [2.05, 4.69) is 37.2 Å². The number of piperidine rings is 1. The van der Waals surface area contributed by atoms with Gasteiger partial charge < -0.3 is 0 Å². The highest BCUT2D eigenvalue weighted by molar-refractivity contribution is 9.10. The van der Waals surface area contributed by atoms with Crippen LogP contribution in [0.15, 0.2) is 15.9 Å². The van der Waals surface area contributed by atoms with E-state index in [0.717, 1.165) is 12.6 Å². The lowest BCUT2D eigenvalue weighted by Crippen LogP contribution is -2.43. The molecule has 1 unspecified atom stereocenters. The second kappa shape index (κ2) is 6.04. The third-order valence-electron chi connectivity index (χ3n) is 4.14. The van der Waals surface area contributed by atoms with Gasteiger partial charge in [0.2, 0.25) is 0 Å². The van der Waals surface area contributed by atoms with E-state index in [4.69, 9.17) is 0 Å². The maximum Gasteiger partial charge on any atom is 0.0328 e. The Hall–Kier alpha value is 0.1000. The van der Waals surface area contributed by atoms with Crippen molar-refractivity contribution in [3.8, 4) is 0 Å². The summed E-state index contributed by atoms with van der Waals surface area (Å²) in [6.45, 7) is 6.33. The Morgan fingerprint density at radius 1 is 1.22 bits per heavy atom. The van der Waals surface area contributed by atoms with E-state index in [9.17, 15) is 0 Å². The highest BCUT2D eigenvalue weighted by atomic mass is 79.9. The van der Waals surface area contributed by atoms with Gasteiger partial charge in [0, 0.05) is 33.9 Å². The molecule has 100 valence electrons. The molecule has 0 radical (unpaired) electrons. The number of fused-ring (bicyclic) bond motifs is 1. The van der Waals surface area contributed by atoms with Crippen LogP contribution < -0.4 is 0 Å². The summed E-state index contributed by atoms with van der Waals surface area (Å²) in [7, 11) is 0. The van der Waals surface area contributed by atoms with Gasteiger partial charge >= 0.3 is 0 Å². The van der Waals surface area contributed by atoms with Crippen LogP contribution in [0.25, 0.3) is 0 Å². The standard InChI is InChI=1S/C14H21BrN2S/c15-12-8-14(18-11-12)10-16-5-3-7-17-6-2-1-4-13(17)9-16/h8,11,13H,1-7,9-10H2. The lowest BCUT2D eigenvalue weighted by Gasteiger charge is -2.35. The third kappa shape index (κ3) is 3.16. The molecule has 0 aromatic carbocycles. The normalized spacial score (nSPS) is 26.8. The summed E-state index contributed by atoms with van der Waals surface area (Å²) < 4.78 is 1.23. The average molecular weight is 329 g/mol. The number of hydrogen-bond donors (Lipinski definition) is 0. The molecule has 0 saturated carbocycles.